The van der Waals surface area contributed by atoms with Gasteiger partial charge in [0.1, 0.15) is 0 Å². The van der Waals surface area contributed by atoms with Crippen LogP contribution >= 0.6 is 0 Å². The first-order chi connectivity index (χ1) is 8.75. The molecule has 0 atom stereocenters. The van der Waals surface area contributed by atoms with Crippen LogP contribution in [0, 0.1) is 0 Å². The predicted octanol–water partition coefficient (Wildman–Crippen LogP) is 3.20. The molecule has 3 rings (SSSR count). The molecule has 1 amide bonds. The summed E-state index contributed by atoms with van der Waals surface area (Å²) in [6.45, 7) is 0. The summed E-state index contributed by atoms with van der Waals surface area (Å²) in [5.74, 6) is -0.353. The summed E-state index contributed by atoms with van der Waals surface area (Å²) in [7, 11) is 0. The van der Waals surface area contributed by atoms with Crippen molar-refractivity contribution in [2.45, 2.75) is 0 Å². The molecule has 88 valence electrons. The van der Waals surface area contributed by atoms with Crippen LogP contribution in [-0.2, 0) is 0 Å². The van der Waals surface area contributed by atoms with Gasteiger partial charge in [-0.3, -0.25) is 4.79 Å². The lowest BCUT2D eigenvalue weighted by molar-refractivity contribution is 0.0975. The molecule has 1 aromatic heterocycles. The van der Waals surface area contributed by atoms with Gasteiger partial charge in [-0.2, -0.15) is 0 Å². The zero-order valence-electron chi connectivity index (χ0n) is 9.59. The van der Waals surface area contributed by atoms with Crippen LogP contribution in [0.1, 0.15) is 10.6 Å². The normalized spacial score (nSPS) is 10.7. The van der Waals surface area contributed by atoms with Crippen molar-refractivity contribution in [3.05, 3.63) is 60.6 Å². The summed E-state index contributed by atoms with van der Waals surface area (Å²) >= 11 is 0. The molecule has 0 aliphatic heterocycles. The minimum absolute atomic E-state index is 0.199. The molecule has 18 heavy (non-hydrogen) atoms. The van der Waals surface area contributed by atoms with Gasteiger partial charge in [-0.1, -0.05) is 36.4 Å². The van der Waals surface area contributed by atoms with Crippen LogP contribution in [0.4, 0.5) is 0 Å². The van der Waals surface area contributed by atoms with Gasteiger partial charge in [-0.15, -0.1) is 0 Å². The Hall–Kier alpha value is -2.55. The highest BCUT2D eigenvalue weighted by molar-refractivity contribution is 5.98. The summed E-state index contributed by atoms with van der Waals surface area (Å²) in [5, 5.41) is 2.27. The molecule has 3 nitrogen and oxygen atoms in total. The van der Waals surface area contributed by atoms with Crippen molar-refractivity contribution >= 4 is 16.7 Å². The molecule has 0 aliphatic carbocycles. The van der Waals surface area contributed by atoms with E-state index in [2.05, 4.69) is 0 Å². The number of carbonyl (C=O) groups is 1. The monoisotopic (exact) mass is 237 g/mol. The smallest absolute Gasteiger partial charge is 0.285 e. The molecule has 0 aliphatic rings. The molecule has 1 heterocycles. The molecular weight excluding hydrogens is 226 g/mol. The minimum Gasteiger partial charge on any atom is -0.459 e. The van der Waals surface area contributed by atoms with Gasteiger partial charge in [0.25, 0.3) is 5.91 Å². The maximum Gasteiger partial charge on any atom is 0.285 e. The molecule has 2 aromatic carbocycles. The fourth-order valence-corrected chi connectivity index (χ4v) is 2.08. The average molecular weight is 237 g/mol. The molecule has 0 bridgehead atoms. The lowest BCUT2D eigenvalue weighted by Crippen LogP contribution is -2.10. The second-order valence-electron chi connectivity index (χ2n) is 4.09. The summed E-state index contributed by atoms with van der Waals surface area (Å²) in [4.78, 5) is 11.2. The van der Waals surface area contributed by atoms with Gasteiger partial charge < -0.3 is 10.2 Å². The highest BCUT2D eigenvalue weighted by Crippen LogP contribution is 2.27. The number of amides is 1. The predicted molar refractivity (Wildman–Crippen MR) is 70.2 cm³/mol. The van der Waals surface area contributed by atoms with E-state index in [4.69, 9.17) is 10.2 Å². The third kappa shape index (κ3) is 1.66. The number of furan rings is 1. The third-order valence-electron chi connectivity index (χ3n) is 2.95. The molecule has 0 radical (unpaired) electrons. The maximum atomic E-state index is 11.2. The fourth-order valence-electron chi connectivity index (χ4n) is 2.08. The van der Waals surface area contributed by atoms with Gasteiger partial charge in [-0.25, -0.2) is 0 Å². The largest absolute Gasteiger partial charge is 0.459 e. The van der Waals surface area contributed by atoms with Crippen LogP contribution in [0.5, 0.6) is 0 Å². The van der Waals surface area contributed by atoms with Crippen molar-refractivity contribution in [1.82, 2.24) is 0 Å². The van der Waals surface area contributed by atoms with E-state index in [1.807, 2.05) is 42.5 Å². The number of primary amides is 1. The van der Waals surface area contributed by atoms with Gasteiger partial charge in [0.15, 0.2) is 5.76 Å². The van der Waals surface area contributed by atoms with E-state index < -0.39 is 5.91 Å². The Labute approximate surface area is 104 Å². The number of benzene rings is 2. The maximum absolute atomic E-state index is 11.2. The molecule has 2 N–H and O–H groups in total. The lowest BCUT2D eigenvalue weighted by atomic mass is 10.0. The molecule has 0 saturated carbocycles. The minimum atomic E-state index is -0.553. The summed E-state index contributed by atoms with van der Waals surface area (Å²) in [5.41, 5.74) is 6.93. The van der Waals surface area contributed by atoms with Gasteiger partial charge >= 0.3 is 0 Å². The number of hydrogen-bond donors (Lipinski definition) is 1. The van der Waals surface area contributed by atoms with E-state index in [0.717, 1.165) is 21.9 Å². The van der Waals surface area contributed by atoms with Gasteiger partial charge in [0, 0.05) is 5.56 Å². The number of nitrogens with two attached hydrogens (primary N) is 1. The fraction of sp³-hybridized carbons (Fsp3) is 0. The highest BCUT2D eigenvalue weighted by atomic mass is 16.3. The third-order valence-corrected chi connectivity index (χ3v) is 2.95. The van der Waals surface area contributed by atoms with Crippen molar-refractivity contribution in [2.24, 2.45) is 5.73 Å². The van der Waals surface area contributed by atoms with Crippen LogP contribution in [0.15, 0.2) is 59.2 Å². The zero-order chi connectivity index (χ0) is 12.5. The van der Waals surface area contributed by atoms with E-state index in [1.165, 1.54) is 6.26 Å². The second kappa shape index (κ2) is 4.04. The summed E-state index contributed by atoms with van der Waals surface area (Å²) < 4.78 is 5.12. The quantitative estimate of drug-likeness (QED) is 0.744. The topological polar surface area (TPSA) is 56.2 Å². The van der Waals surface area contributed by atoms with Crippen molar-refractivity contribution in [3.63, 3.8) is 0 Å². The van der Waals surface area contributed by atoms with Crippen molar-refractivity contribution in [3.8, 4) is 11.1 Å². The second-order valence-corrected chi connectivity index (χ2v) is 4.09. The number of carbonyl (C=O) groups excluding carboxylic acids is 1. The first-order valence-corrected chi connectivity index (χ1v) is 5.62. The lowest BCUT2D eigenvalue weighted by Gasteiger charge is -2.03. The molecule has 3 aromatic rings. The van der Waals surface area contributed by atoms with Gasteiger partial charge in [0.2, 0.25) is 0 Å². The first-order valence-electron chi connectivity index (χ1n) is 5.62. The molecule has 0 unspecified atom stereocenters. The molecule has 0 spiro atoms. The number of fused-ring (bicyclic) bond motifs is 1. The van der Waals surface area contributed by atoms with Crippen molar-refractivity contribution in [1.29, 1.82) is 0 Å². The van der Waals surface area contributed by atoms with Crippen LogP contribution in [0.2, 0.25) is 0 Å². The average Bonchev–Trinajstić information content (AvgIpc) is 2.87. The van der Waals surface area contributed by atoms with Crippen LogP contribution in [-0.4, -0.2) is 5.91 Å². The Balaban J connectivity index is 2.19. The van der Waals surface area contributed by atoms with Crippen molar-refractivity contribution < 1.29 is 9.21 Å². The van der Waals surface area contributed by atoms with E-state index in [1.54, 1.807) is 6.07 Å². The van der Waals surface area contributed by atoms with Gasteiger partial charge in [-0.05, 0) is 28.5 Å². The van der Waals surface area contributed by atoms with Crippen LogP contribution < -0.4 is 5.73 Å². The van der Waals surface area contributed by atoms with Crippen molar-refractivity contribution in [2.75, 3.05) is 0 Å². The SMILES string of the molecule is NC(=O)c1occc1-c1ccc2ccccc2c1. The highest BCUT2D eigenvalue weighted by Gasteiger charge is 2.13. The Kier molecular flexibility index (Phi) is 2.38. The molecule has 0 saturated heterocycles. The summed E-state index contributed by atoms with van der Waals surface area (Å²) in [6, 6.07) is 15.8. The summed E-state index contributed by atoms with van der Waals surface area (Å²) in [6.07, 6.45) is 1.48. The number of hydrogen-bond acceptors (Lipinski definition) is 2. The van der Waals surface area contributed by atoms with E-state index in [0.29, 0.717) is 0 Å². The first kappa shape index (κ1) is 10.6. The Morgan fingerprint density at radius 2 is 1.78 bits per heavy atom. The van der Waals surface area contributed by atoms with E-state index in [-0.39, 0.29) is 5.76 Å². The Bertz CT molecular complexity index is 728. The van der Waals surface area contributed by atoms with Crippen LogP contribution in [0.3, 0.4) is 0 Å². The standard InChI is InChI=1S/C15H11NO2/c16-15(17)14-13(7-8-18-14)12-6-5-10-3-1-2-4-11(10)9-12/h1-9H,(H2,16,17). The molecule has 3 heteroatoms. The van der Waals surface area contributed by atoms with E-state index in [9.17, 15) is 4.79 Å². The van der Waals surface area contributed by atoms with E-state index >= 15 is 0 Å². The zero-order valence-corrected chi connectivity index (χ0v) is 9.59. The number of rotatable bonds is 2. The Morgan fingerprint density at radius 1 is 1.00 bits per heavy atom. The Morgan fingerprint density at radius 3 is 2.56 bits per heavy atom. The van der Waals surface area contributed by atoms with Gasteiger partial charge in [0.05, 0.1) is 6.26 Å². The molecule has 0 fully saturated rings. The molecular formula is C15H11NO2. The van der Waals surface area contributed by atoms with Crippen LogP contribution in [0.25, 0.3) is 21.9 Å².